The van der Waals surface area contributed by atoms with E-state index in [1.165, 1.54) is 16.1 Å². The van der Waals surface area contributed by atoms with E-state index in [9.17, 15) is 8.42 Å². The van der Waals surface area contributed by atoms with Crippen LogP contribution in [0.1, 0.15) is 27.7 Å². The lowest BCUT2D eigenvalue weighted by molar-refractivity contribution is 0.294. The number of amidine groups is 1. The van der Waals surface area contributed by atoms with Gasteiger partial charge in [0.15, 0.2) is 10.3 Å². The molecule has 8 heteroatoms. The Morgan fingerprint density at radius 3 is 2.30 bits per heavy atom. The first-order chi connectivity index (χ1) is 10.7. The van der Waals surface area contributed by atoms with E-state index < -0.39 is 10.0 Å². The molecule has 1 saturated heterocycles. The van der Waals surface area contributed by atoms with Gasteiger partial charge in [-0.25, -0.2) is 12.7 Å². The summed E-state index contributed by atoms with van der Waals surface area (Å²) in [6.07, 6.45) is 0. The molecule has 0 radical (unpaired) electrons. The Morgan fingerprint density at radius 2 is 1.78 bits per heavy atom. The largest absolute Gasteiger partial charge is 0.343 e. The molecule has 0 aliphatic carbocycles. The molecule has 1 aromatic carbocycles. The van der Waals surface area contributed by atoms with E-state index in [0.717, 1.165) is 0 Å². The summed E-state index contributed by atoms with van der Waals surface area (Å²) >= 11 is 6.64. The van der Waals surface area contributed by atoms with E-state index in [1.54, 1.807) is 24.3 Å². The highest BCUT2D eigenvalue weighted by atomic mass is 32.3. The molecule has 126 valence electrons. The first kappa shape index (κ1) is 18.2. The fourth-order valence-corrected chi connectivity index (χ4v) is 6.05. The van der Waals surface area contributed by atoms with Gasteiger partial charge < -0.3 is 4.90 Å². The number of thiocarbonyl (C=S) groups is 1. The van der Waals surface area contributed by atoms with Crippen molar-refractivity contribution in [3.8, 4) is 0 Å². The van der Waals surface area contributed by atoms with Gasteiger partial charge in [0.25, 0.3) is 10.0 Å². The van der Waals surface area contributed by atoms with Crippen molar-refractivity contribution in [1.82, 2.24) is 4.90 Å². The Balaban J connectivity index is 2.39. The van der Waals surface area contributed by atoms with E-state index in [4.69, 9.17) is 12.2 Å². The molecule has 1 fully saturated rings. The molecule has 0 unspecified atom stereocenters. The molecule has 0 bridgehead atoms. The van der Waals surface area contributed by atoms with Crippen LogP contribution in [0.3, 0.4) is 0 Å². The predicted octanol–water partition coefficient (Wildman–Crippen LogP) is 3.29. The van der Waals surface area contributed by atoms with Gasteiger partial charge in [-0.3, -0.25) is 0 Å². The van der Waals surface area contributed by atoms with Crippen LogP contribution in [-0.2, 0) is 10.0 Å². The molecule has 23 heavy (non-hydrogen) atoms. The summed E-state index contributed by atoms with van der Waals surface area (Å²) in [5, 5.41) is 0.801. The van der Waals surface area contributed by atoms with Gasteiger partial charge >= 0.3 is 0 Å². The van der Waals surface area contributed by atoms with Crippen molar-refractivity contribution >= 4 is 50.0 Å². The zero-order chi connectivity index (χ0) is 17.2. The lowest BCUT2D eigenvalue weighted by Crippen LogP contribution is -2.41. The van der Waals surface area contributed by atoms with Crippen LogP contribution in [0.15, 0.2) is 35.3 Å². The van der Waals surface area contributed by atoms with Crippen molar-refractivity contribution in [2.24, 2.45) is 4.99 Å². The summed E-state index contributed by atoms with van der Waals surface area (Å²) < 4.78 is 26.0. The fourth-order valence-electron chi connectivity index (χ4n) is 2.45. The lowest BCUT2D eigenvalue weighted by Gasteiger charge is -2.31. The number of rotatable bonds is 3. The average Bonchev–Trinajstić information content (AvgIpc) is 2.73. The Hall–Kier alpha value is -1.12. The van der Waals surface area contributed by atoms with Crippen molar-refractivity contribution in [2.45, 2.75) is 39.8 Å². The van der Waals surface area contributed by atoms with Crippen molar-refractivity contribution in [3.05, 3.63) is 30.3 Å². The third-order valence-electron chi connectivity index (χ3n) is 3.30. The second-order valence-electron chi connectivity index (χ2n) is 5.75. The molecule has 0 spiro atoms. The SMILES string of the molecule is CC(C)N(C(=S)/N=C1\SCS(=O)(=O)N1c1ccccc1)C(C)C. The summed E-state index contributed by atoms with van der Waals surface area (Å²) in [4.78, 5) is 6.45. The third kappa shape index (κ3) is 4.05. The number of benzene rings is 1. The number of sulfonamides is 1. The molecule has 1 aliphatic heterocycles. The van der Waals surface area contributed by atoms with Crippen LogP contribution in [0, 0.1) is 0 Å². The zero-order valence-corrected chi connectivity index (χ0v) is 16.1. The number of para-hydroxylation sites is 1. The molecule has 0 atom stereocenters. The van der Waals surface area contributed by atoms with E-state index in [0.29, 0.717) is 16.0 Å². The maximum absolute atomic E-state index is 12.4. The molecule has 1 heterocycles. The molecule has 0 amide bonds. The van der Waals surface area contributed by atoms with Gasteiger partial charge in [-0.1, -0.05) is 30.0 Å². The zero-order valence-electron chi connectivity index (χ0n) is 13.6. The highest BCUT2D eigenvalue weighted by Crippen LogP contribution is 2.31. The van der Waals surface area contributed by atoms with Crippen LogP contribution in [0.5, 0.6) is 0 Å². The standard InChI is InChI=1S/C15H21N3O2S3/c1-11(2)17(12(3)4)14(21)16-15-18(23(19,20)10-22-15)13-8-6-5-7-9-13/h5-9,11-12H,10H2,1-4H3/b16-15-. The molecule has 0 aromatic heterocycles. The van der Waals surface area contributed by atoms with Gasteiger partial charge in [-0.05, 0) is 52.0 Å². The molecule has 1 aromatic rings. The van der Waals surface area contributed by atoms with Crippen LogP contribution in [0.25, 0.3) is 0 Å². The molecule has 1 aliphatic rings. The molecule has 0 N–H and O–H groups in total. The Labute approximate surface area is 147 Å². The number of hydrogen-bond donors (Lipinski definition) is 0. The fraction of sp³-hybridized carbons (Fsp3) is 0.467. The van der Waals surface area contributed by atoms with E-state index in [1.807, 2.05) is 38.7 Å². The molecule has 5 nitrogen and oxygen atoms in total. The van der Waals surface area contributed by atoms with Crippen LogP contribution in [0.4, 0.5) is 5.69 Å². The normalized spacial score (nSPS) is 18.9. The van der Waals surface area contributed by atoms with Crippen LogP contribution in [0.2, 0.25) is 0 Å². The van der Waals surface area contributed by atoms with Crippen LogP contribution >= 0.6 is 24.0 Å². The van der Waals surface area contributed by atoms with Gasteiger partial charge in [0, 0.05) is 12.1 Å². The molecule has 2 rings (SSSR count). The molecular formula is C15H21N3O2S3. The summed E-state index contributed by atoms with van der Waals surface area (Å²) in [6.45, 7) is 8.17. The maximum atomic E-state index is 12.4. The van der Waals surface area contributed by atoms with Gasteiger partial charge in [0.05, 0.1) is 5.69 Å². The highest BCUT2D eigenvalue weighted by molar-refractivity contribution is 8.27. The highest BCUT2D eigenvalue weighted by Gasteiger charge is 2.36. The summed E-state index contributed by atoms with van der Waals surface area (Å²) in [7, 11) is -3.41. The molecular weight excluding hydrogens is 350 g/mol. The smallest absolute Gasteiger partial charge is 0.250 e. The van der Waals surface area contributed by atoms with Crippen LogP contribution < -0.4 is 4.31 Å². The summed E-state index contributed by atoms with van der Waals surface area (Å²) in [5.74, 6) is 0. The summed E-state index contributed by atoms with van der Waals surface area (Å²) in [5.41, 5.74) is 0.583. The topological polar surface area (TPSA) is 53.0 Å². The number of aliphatic imine (C=N–C) groups is 1. The lowest BCUT2D eigenvalue weighted by atomic mass is 10.2. The van der Waals surface area contributed by atoms with Gasteiger partial charge in [0.2, 0.25) is 0 Å². The Kier molecular flexibility index (Phi) is 5.70. The minimum absolute atomic E-state index is 0.0211. The van der Waals surface area contributed by atoms with Crippen LogP contribution in [-0.4, -0.2) is 40.8 Å². The number of nitrogens with zero attached hydrogens (tertiary/aromatic N) is 3. The number of anilines is 1. The summed E-state index contributed by atoms with van der Waals surface area (Å²) in [6, 6.07) is 9.35. The average molecular weight is 372 g/mol. The minimum atomic E-state index is -3.41. The first-order valence-electron chi connectivity index (χ1n) is 7.36. The number of hydrogen-bond acceptors (Lipinski definition) is 4. The third-order valence-corrected chi connectivity index (χ3v) is 6.86. The Bertz CT molecular complexity index is 692. The van der Waals surface area contributed by atoms with Crippen molar-refractivity contribution < 1.29 is 8.42 Å². The first-order valence-corrected chi connectivity index (χ1v) is 10.4. The maximum Gasteiger partial charge on any atom is 0.250 e. The van der Waals surface area contributed by atoms with E-state index in [2.05, 4.69) is 4.99 Å². The Morgan fingerprint density at radius 1 is 1.22 bits per heavy atom. The van der Waals surface area contributed by atoms with E-state index >= 15 is 0 Å². The predicted molar refractivity (Wildman–Crippen MR) is 102 cm³/mol. The second kappa shape index (κ2) is 7.19. The van der Waals surface area contributed by atoms with Gasteiger partial charge in [0.1, 0.15) is 5.08 Å². The van der Waals surface area contributed by atoms with Gasteiger partial charge in [-0.15, -0.1) is 0 Å². The van der Waals surface area contributed by atoms with Gasteiger partial charge in [-0.2, -0.15) is 4.99 Å². The minimum Gasteiger partial charge on any atom is -0.343 e. The quantitative estimate of drug-likeness (QED) is 0.763. The van der Waals surface area contributed by atoms with Crippen molar-refractivity contribution in [2.75, 3.05) is 9.39 Å². The number of thioether (sulfide) groups is 1. The van der Waals surface area contributed by atoms with E-state index in [-0.39, 0.29) is 17.2 Å². The second-order valence-corrected chi connectivity index (χ2v) is 9.24. The van der Waals surface area contributed by atoms with Crippen molar-refractivity contribution in [3.63, 3.8) is 0 Å². The van der Waals surface area contributed by atoms with Crippen molar-refractivity contribution in [1.29, 1.82) is 0 Å². The monoisotopic (exact) mass is 371 g/mol. The molecule has 0 saturated carbocycles.